The van der Waals surface area contributed by atoms with Gasteiger partial charge in [0, 0.05) is 6.61 Å². The van der Waals surface area contributed by atoms with Gasteiger partial charge in [-0.2, -0.15) is 0 Å². The van der Waals surface area contributed by atoms with E-state index in [2.05, 4.69) is 27.7 Å². The lowest BCUT2D eigenvalue weighted by molar-refractivity contribution is -0.117. The highest BCUT2D eigenvalue weighted by molar-refractivity contribution is 5.05. The van der Waals surface area contributed by atoms with E-state index in [-0.39, 0.29) is 5.60 Å². The topological polar surface area (TPSA) is 9.23 Å². The molecular formula is C16H28O. The second-order valence-corrected chi connectivity index (χ2v) is 7.78. The van der Waals surface area contributed by atoms with Gasteiger partial charge in [0.25, 0.3) is 0 Å². The first-order valence-corrected chi connectivity index (χ1v) is 7.58. The molecular weight excluding hydrogens is 208 g/mol. The van der Waals surface area contributed by atoms with Gasteiger partial charge in [0.2, 0.25) is 0 Å². The predicted molar refractivity (Wildman–Crippen MR) is 70.9 cm³/mol. The zero-order chi connectivity index (χ0) is 12.3. The summed E-state index contributed by atoms with van der Waals surface area (Å²) in [6.45, 7) is 10.9. The van der Waals surface area contributed by atoms with Crippen molar-refractivity contribution in [2.24, 2.45) is 29.1 Å². The number of hydrogen-bond donors (Lipinski definition) is 0. The third-order valence-corrected chi connectivity index (χ3v) is 6.43. The van der Waals surface area contributed by atoms with Crippen LogP contribution in [0.25, 0.3) is 0 Å². The molecule has 1 nitrogen and oxygen atoms in total. The Morgan fingerprint density at radius 2 is 1.71 bits per heavy atom. The summed E-state index contributed by atoms with van der Waals surface area (Å²) in [5, 5.41) is 0. The second-order valence-electron chi connectivity index (χ2n) is 7.78. The summed E-state index contributed by atoms with van der Waals surface area (Å²) in [5.74, 6) is 3.64. The van der Waals surface area contributed by atoms with Gasteiger partial charge in [-0.05, 0) is 68.1 Å². The number of ether oxygens (including phenoxy) is 1. The quantitative estimate of drug-likeness (QED) is 0.610. The van der Waals surface area contributed by atoms with E-state index in [0.29, 0.717) is 5.41 Å². The van der Waals surface area contributed by atoms with Crippen molar-refractivity contribution >= 4 is 0 Å². The van der Waals surface area contributed by atoms with E-state index in [0.717, 1.165) is 30.3 Å². The van der Waals surface area contributed by atoms with Crippen LogP contribution >= 0.6 is 0 Å². The summed E-state index contributed by atoms with van der Waals surface area (Å²) < 4.78 is 6.11. The monoisotopic (exact) mass is 236 g/mol. The molecule has 17 heavy (non-hydrogen) atoms. The zero-order valence-electron chi connectivity index (χ0n) is 12.0. The predicted octanol–water partition coefficient (Wildman–Crippen LogP) is 4.26. The molecule has 2 aliphatic carbocycles. The summed E-state index contributed by atoms with van der Waals surface area (Å²) in [5.41, 5.74) is 0.796. The maximum absolute atomic E-state index is 6.11. The van der Waals surface area contributed by atoms with E-state index in [4.69, 9.17) is 4.74 Å². The van der Waals surface area contributed by atoms with E-state index in [1.807, 2.05) is 0 Å². The molecule has 0 bridgehead atoms. The van der Waals surface area contributed by atoms with E-state index >= 15 is 0 Å². The van der Waals surface area contributed by atoms with Gasteiger partial charge in [-0.25, -0.2) is 0 Å². The van der Waals surface area contributed by atoms with Crippen molar-refractivity contribution in [3.05, 3.63) is 0 Å². The molecule has 0 N–H and O–H groups in total. The average Bonchev–Trinajstić information content (AvgIpc) is 2.65. The third-order valence-electron chi connectivity index (χ3n) is 6.43. The van der Waals surface area contributed by atoms with Crippen LogP contribution in [0.15, 0.2) is 0 Å². The Balaban J connectivity index is 1.93. The fraction of sp³-hybridized carbons (Fsp3) is 1.00. The number of hydrogen-bond acceptors (Lipinski definition) is 1. The van der Waals surface area contributed by atoms with Gasteiger partial charge < -0.3 is 4.74 Å². The molecule has 1 heteroatoms. The molecule has 0 amide bonds. The Morgan fingerprint density at radius 1 is 0.941 bits per heavy atom. The van der Waals surface area contributed by atoms with Gasteiger partial charge in [-0.3, -0.25) is 0 Å². The lowest BCUT2D eigenvalue weighted by Crippen LogP contribution is -2.52. The Kier molecular flexibility index (Phi) is 2.63. The molecule has 3 rings (SSSR count). The van der Waals surface area contributed by atoms with Gasteiger partial charge in [0.05, 0.1) is 5.60 Å². The summed E-state index contributed by atoms with van der Waals surface area (Å²) in [4.78, 5) is 0. The summed E-state index contributed by atoms with van der Waals surface area (Å²) in [7, 11) is 0. The zero-order valence-corrected chi connectivity index (χ0v) is 12.0. The maximum Gasteiger partial charge on any atom is 0.0686 e. The highest BCUT2D eigenvalue weighted by Crippen LogP contribution is 2.59. The molecule has 5 atom stereocenters. The van der Waals surface area contributed by atoms with Crippen LogP contribution in [0.4, 0.5) is 0 Å². The molecule has 0 spiro atoms. The van der Waals surface area contributed by atoms with Crippen molar-refractivity contribution in [2.45, 2.75) is 65.4 Å². The fourth-order valence-electron chi connectivity index (χ4n) is 5.29. The lowest BCUT2D eigenvalue weighted by Gasteiger charge is -2.56. The first-order chi connectivity index (χ1) is 7.94. The Hall–Kier alpha value is -0.0400. The Morgan fingerprint density at radius 3 is 2.47 bits per heavy atom. The van der Waals surface area contributed by atoms with E-state index in [1.54, 1.807) is 0 Å². The smallest absolute Gasteiger partial charge is 0.0686 e. The molecule has 1 saturated heterocycles. The van der Waals surface area contributed by atoms with E-state index in [1.165, 1.54) is 32.1 Å². The molecule has 0 aromatic carbocycles. The lowest BCUT2D eigenvalue weighted by atomic mass is 9.50. The van der Waals surface area contributed by atoms with Crippen LogP contribution in [0, 0.1) is 29.1 Å². The van der Waals surface area contributed by atoms with Crippen LogP contribution in [-0.2, 0) is 4.74 Å². The van der Waals surface area contributed by atoms with Gasteiger partial charge in [-0.1, -0.05) is 20.8 Å². The molecule has 0 aromatic heterocycles. The highest BCUT2D eigenvalue weighted by atomic mass is 16.5. The van der Waals surface area contributed by atoms with Crippen molar-refractivity contribution in [2.75, 3.05) is 6.61 Å². The van der Waals surface area contributed by atoms with Gasteiger partial charge in [0.1, 0.15) is 0 Å². The van der Waals surface area contributed by atoms with Crippen LogP contribution in [0.1, 0.15) is 59.8 Å². The highest BCUT2D eigenvalue weighted by Gasteiger charge is 2.56. The van der Waals surface area contributed by atoms with Crippen molar-refractivity contribution < 1.29 is 4.74 Å². The first kappa shape index (κ1) is 12.0. The third kappa shape index (κ3) is 1.69. The minimum absolute atomic E-state index is 0.225. The molecule has 1 unspecified atom stereocenters. The average molecular weight is 236 g/mol. The molecule has 1 heterocycles. The number of fused-ring (bicyclic) bond motifs is 3. The van der Waals surface area contributed by atoms with Crippen LogP contribution in [-0.4, -0.2) is 12.2 Å². The fourth-order valence-corrected chi connectivity index (χ4v) is 5.29. The minimum Gasteiger partial charge on any atom is -0.375 e. The van der Waals surface area contributed by atoms with Gasteiger partial charge in [-0.15, -0.1) is 0 Å². The standard InChI is InChI=1S/C16H28O/c1-11-5-8-15(2,3)12-6-9-16(4)13(14(11)12)7-10-17-16/h11-14H,5-10H2,1-4H3/t11-,12-,13+,14?,16-/m1/s1. The molecule has 3 fully saturated rings. The van der Waals surface area contributed by atoms with Gasteiger partial charge in [0.15, 0.2) is 0 Å². The minimum atomic E-state index is 0.225. The molecule has 0 radical (unpaired) electrons. The molecule has 3 aliphatic rings. The molecule has 98 valence electrons. The largest absolute Gasteiger partial charge is 0.375 e. The molecule has 0 aromatic rings. The van der Waals surface area contributed by atoms with Crippen molar-refractivity contribution in [1.82, 2.24) is 0 Å². The maximum atomic E-state index is 6.11. The SMILES string of the molecule is C[C@@H]1CCC(C)(C)[C@@H]2CC[C@@]3(C)OCC[C@H]3C12. The van der Waals surface area contributed by atoms with E-state index < -0.39 is 0 Å². The van der Waals surface area contributed by atoms with Crippen LogP contribution < -0.4 is 0 Å². The number of rotatable bonds is 0. The Labute approximate surface area is 106 Å². The van der Waals surface area contributed by atoms with Gasteiger partial charge >= 0.3 is 0 Å². The molecule has 2 saturated carbocycles. The summed E-state index contributed by atoms with van der Waals surface area (Å²) in [6, 6.07) is 0. The van der Waals surface area contributed by atoms with Crippen molar-refractivity contribution in [3.8, 4) is 0 Å². The second kappa shape index (κ2) is 3.73. The summed E-state index contributed by atoms with van der Waals surface area (Å²) >= 11 is 0. The van der Waals surface area contributed by atoms with Crippen LogP contribution in [0.3, 0.4) is 0 Å². The van der Waals surface area contributed by atoms with E-state index in [9.17, 15) is 0 Å². The molecule has 1 aliphatic heterocycles. The van der Waals surface area contributed by atoms with Crippen LogP contribution in [0.2, 0.25) is 0 Å². The van der Waals surface area contributed by atoms with Crippen LogP contribution in [0.5, 0.6) is 0 Å². The Bertz CT molecular complexity index is 307. The normalized spacial score (nSPS) is 52.9. The van der Waals surface area contributed by atoms with Crippen molar-refractivity contribution in [1.29, 1.82) is 0 Å². The summed E-state index contributed by atoms with van der Waals surface area (Å²) in [6.07, 6.45) is 6.88. The first-order valence-electron chi connectivity index (χ1n) is 7.58. The van der Waals surface area contributed by atoms with Crippen molar-refractivity contribution in [3.63, 3.8) is 0 Å².